The lowest BCUT2D eigenvalue weighted by atomic mass is 10.1. The van der Waals surface area contributed by atoms with E-state index in [1.807, 2.05) is 29.7 Å². The van der Waals surface area contributed by atoms with Crippen molar-refractivity contribution in [3.05, 3.63) is 77.2 Å². The van der Waals surface area contributed by atoms with Gasteiger partial charge in [-0.15, -0.1) is 0 Å². The molecule has 0 radical (unpaired) electrons. The van der Waals surface area contributed by atoms with Crippen LogP contribution in [0.2, 0.25) is 0 Å². The van der Waals surface area contributed by atoms with E-state index in [1.54, 1.807) is 36.0 Å². The van der Waals surface area contributed by atoms with Gasteiger partial charge >= 0.3 is 6.18 Å². The summed E-state index contributed by atoms with van der Waals surface area (Å²) in [5.74, 6) is 1.12. The van der Waals surface area contributed by atoms with Gasteiger partial charge in [0.15, 0.2) is 5.82 Å². The van der Waals surface area contributed by atoms with Gasteiger partial charge in [-0.25, -0.2) is 9.97 Å². The number of β-amino-alcohol motifs (C(OH)–C–C–N with tert-alkyl or cyclic N) is 1. The number of aliphatic hydroxyl groups excluding tert-OH is 1. The molecule has 232 valence electrons. The number of anilines is 5. The number of carbonyl (C=O) groups is 1. The molecule has 44 heavy (non-hydrogen) atoms. The van der Waals surface area contributed by atoms with E-state index in [0.29, 0.717) is 67.2 Å². The Morgan fingerprint density at radius 2 is 1.77 bits per heavy atom. The third-order valence-corrected chi connectivity index (χ3v) is 7.38. The Labute approximate surface area is 252 Å². The number of benzene rings is 2. The number of aryl methyl sites for hydroxylation is 2. The van der Waals surface area contributed by atoms with Crippen LogP contribution in [-0.2, 0) is 6.18 Å². The van der Waals surface area contributed by atoms with Gasteiger partial charge in [0.05, 0.1) is 17.9 Å². The Kier molecular flexibility index (Phi) is 9.01. The fraction of sp³-hybridized carbons (Fsp3) is 0.333. The molecule has 1 aliphatic heterocycles. The molecule has 0 saturated carbocycles. The topological polar surface area (TPSA) is 123 Å². The van der Waals surface area contributed by atoms with Gasteiger partial charge in [0.1, 0.15) is 18.0 Å². The van der Waals surface area contributed by atoms with E-state index in [0.717, 1.165) is 23.4 Å². The van der Waals surface area contributed by atoms with Crippen molar-refractivity contribution >= 4 is 34.6 Å². The molecule has 0 spiro atoms. The highest BCUT2D eigenvalue weighted by molar-refractivity contribution is 6.05. The summed E-state index contributed by atoms with van der Waals surface area (Å²) in [5.41, 5.74) is 2.02. The van der Waals surface area contributed by atoms with Gasteiger partial charge in [0.25, 0.3) is 5.91 Å². The van der Waals surface area contributed by atoms with Gasteiger partial charge in [0.2, 0.25) is 0 Å². The molecular weight excluding hydrogens is 575 g/mol. The number of hydrogen-bond donors (Lipinski definition) is 4. The fourth-order valence-corrected chi connectivity index (χ4v) is 5.00. The molecule has 1 aliphatic rings. The van der Waals surface area contributed by atoms with Crippen LogP contribution >= 0.6 is 0 Å². The Morgan fingerprint density at radius 1 is 1.00 bits per heavy atom. The van der Waals surface area contributed by atoms with Crippen molar-refractivity contribution in [2.24, 2.45) is 0 Å². The SMILES string of the molecule is CNc1cc(-n2nc(C)cc2Nc2cc(NC(=O)c3cc(N4CCN(CCO)CC4)cc(C(F)(F)F)c3)ccc2C)ncn1. The number of rotatable bonds is 9. The van der Waals surface area contributed by atoms with Crippen molar-refractivity contribution in [3.63, 3.8) is 0 Å². The predicted molar refractivity (Wildman–Crippen MR) is 163 cm³/mol. The quantitative estimate of drug-likeness (QED) is 0.218. The van der Waals surface area contributed by atoms with E-state index < -0.39 is 17.6 Å². The number of aliphatic hydroxyl groups is 1. The lowest BCUT2D eigenvalue weighted by molar-refractivity contribution is -0.137. The van der Waals surface area contributed by atoms with Gasteiger partial charge < -0.3 is 26.0 Å². The highest BCUT2D eigenvalue weighted by Crippen LogP contribution is 2.34. The molecule has 1 fully saturated rings. The molecule has 5 rings (SSSR count). The summed E-state index contributed by atoms with van der Waals surface area (Å²) in [6.45, 7) is 6.44. The van der Waals surface area contributed by atoms with Gasteiger partial charge in [-0.2, -0.15) is 23.0 Å². The van der Waals surface area contributed by atoms with Crippen molar-refractivity contribution in [1.29, 1.82) is 0 Å². The van der Waals surface area contributed by atoms with E-state index in [1.165, 1.54) is 12.4 Å². The minimum absolute atomic E-state index is 0.0207. The van der Waals surface area contributed by atoms with Crippen LogP contribution in [0.5, 0.6) is 0 Å². The Bertz CT molecular complexity index is 1630. The molecule has 0 unspecified atom stereocenters. The van der Waals surface area contributed by atoms with Crippen LogP contribution in [0.25, 0.3) is 5.82 Å². The molecule has 2 aromatic heterocycles. The number of amides is 1. The van der Waals surface area contributed by atoms with Crippen LogP contribution < -0.4 is 20.9 Å². The van der Waals surface area contributed by atoms with Crippen LogP contribution in [0.1, 0.15) is 27.2 Å². The molecule has 0 aliphatic carbocycles. The number of nitrogens with one attached hydrogen (secondary N) is 3. The molecule has 0 bridgehead atoms. The smallest absolute Gasteiger partial charge is 0.395 e. The summed E-state index contributed by atoms with van der Waals surface area (Å²) in [6.07, 6.45) is -3.19. The van der Waals surface area contributed by atoms with E-state index in [9.17, 15) is 23.1 Å². The number of alkyl halides is 3. The van der Waals surface area contributed by atoms with E-state index in [4.69, 9.17) is 0 Å². The first-order chi connectivity index (χ1) is 21.0. The fourth-order valence-electron chi connectivity index (χ4n) is 5.00. The van der Waals surface area contributed by atoms with Crippen LogP contribution in [0.15, 0.2) is 54.9 Å². The van der Waals surface area contributed by atoms with Gasteiger partial charge in [-0.1, -0.05) is 6.07 Å². The van der Waals surface area contributed by atoms with E-state index >= 15 is 0 Å². The van der Waals surface area contributed by atoms with Crippen LogP contribution in [0.4, 0.5) is 41.9 Å². The summed E-state index contributed by atoms with van der Waals surface area (Å²) >= 11 is 0. The molecule has 14 heteroatoms. The zero-order valence-corrected chi connectivity index (χ0v) is 24.6. The average Bonchev–Trinajstić information content (AvgIpc) is 3.38. The lowest BCUT2D eigenvalue weighted by Crippen LogP contribution is -2.47. The van der Waals surface area contributed by atoms with Crippen LogP contribution in [0, 0.1) is 13.8 Å². The number of halogens is 3. The van der Waals surface area contributed by atoms with Gasteiger partial charge in [-0.05, 0) is 49.7 Å². The van der Waals surface area contributed by atoms with Gasteiger partial charge in [0, 0.05) is 74.5 Å². The maximum atomic E-state index is 13.9. The largest absolute Gasteiger partial charge is 0.416 e. The predicted octanol–water partition coefficient (Wildman–Crippen LogP) is 4.45. The molecule has 4 N–H and O–H groups in total. The first kappa shape index (κ1) is 30.8. The molecule has 4 aromatic rings. The van der Waals surface area contributed by atoms with Crippen molar-refractivity contribution in [3.8, 4) is 5.82 Å². The normalized spacial score (nSPS) is 14.0. The maximum absolute atomic E-state index is 13.9. The minimum atomic E-state index is -4.62. The highest BCUT2D eigenvalue weighted by Gasteiger charge is 2.33. The van der Waals surface area contributed by atoms with Crippen molar-refractivity contribution < 1.29 is 23.1 Å². The van der Waals surface area contributed by atoms with E-state index in [2.05, 4.69) is 31.0 Å². The number of aromatic nitrogens is 4. The first-order valence-corrected chi connectivity index (χ1v) is 14.1. The molecular formula is C30H34F3N9O2. The molecule has 1 saturated heterocycles. The molecule has 1 amide bonds. The highest BCUT2D eigenvalue weighted by atomic mass is 19.4. The summed E-state index contributed by atoms with van der Waals surface area (Å²) in [7, 11) is 1.75. The van der Waals surface area contributed by atoms with Crippen molar-refractivity contribution in [2.45, 2.75) is 20.0 Å². The molecule has 0 atom stereocenters. The average molecular weight is 610 g/mol. The summed E-state index contributed by atoms with van der Waals surface area (Å²) in [6, 6.07) is 12.2. The number of piperazine rings is 1. The summed E-state index contributed by atoms with van der Waals surface area (Å²) < 4.78 is 43.2. The molecule has 11 nitrogen and oxygen atoms in total. The number of hydrogen-bond acceptors (Lipinski definition) is 9. The third kappa shape index (κ3) is 7.09. The Hall–Kier alpha value is -4.69. The summed E-state index contributed by atoms with van der Waals surface area (Å²) in [5, 5.41) is 22.8. The zero-order valence-electron chi connectivity index (χ0n) is 24.6. The maximum Gasteiger partial charge on any atom is 0.416 e. The summed E-state index contributed by atoms with van der Waals surface area (Å²) in [4.78, 5) is 25.7. The van der Waals surface area contributed by atoms with E-state index in [-0.39, 0.29) is 12.2 Å². The third-order valence-electron chi connectivity index (χ3n) is 7.38. The minimum Gasteiger partial charge on any atom is -0.395 e. The Morgan fingerprint density at radius 3 is 2.48 bits per heavy atom. The van der Waals surface area contributed by atoms with Crippen molar-refractivity contribution in [1.82, 2.24) is 24.6 Å². The zero-order chi connectivity index (χ0) is 31.4. The lowest BCUT2D eigenvalue weighted by Gasteiger charge is -2.36. The standard InChI is InChI=1S/C30H34F3N9O2/c1-19-4-5-23(16-25(19)38-28-12-20(2)39-42(28)27-17-26(34-3)35-18-36-27)37-29(44)21-13-22(30(31,32)33)15-24(14-21)41-8-6-40(7-9-41)10-11-43/h4-5,12-18,38,43H,6-11H2,1-3H3,(H,37,44)(H,34,35,36). The second kappa shape index (κ2) is 12.9. The molecule has 2 aromatic carbocycles. The number of carbonyl (C=O) groups excluding carboxylic acids is 1. The number of nitrogens with zero attached hydrogens (tertiary/aromatic N) is 6. The Balaban J connectivity index is 1.38. The second-order valence-corrected chi connectivity index (χ2v) is 10.5. The molecule has 3 heterocycles. The first-order valence-electron chi connectivity index (χ1n) is 14.1. The monoisotopic (exact) mass is 609 g/mol. The second-order valence-electron chi connectivity index (χ2n) is 10.5. The van der Waals surface area contributed by atoms with Gasteiger partial charge in [-0.3, -0.25) is 9.69 Å². The van der Waals surface area contributed by atoms with Crippen molar-refractivity contribution in [2.75, 3.05) is 67.2 Å². The van der Waals surface area contributed by atoms with Crippen LogP contribution in [0.3, 0.4) is 0 Å². The van der Waals surface area contributed by atoms with Crippen LogP contribution in [-0.4, -0.2) is 82.0 Å².